The van der Waals surface area contributed by atoms with Gasteiger partial charge in [0.25, 0.3) is 10.0 Å². The summed E-state index contributed by atoms with van der Waals surface area (Å²) in [5.41, 5.74) is 6.78. The van der Waals surface area contributed by atoms with E-state index in [1.54, 1.807) is 31.2 Å². The monoisotopic (exact) mass is 266 g/mol. The number of benzene rings is 1. The van der Waals surface area contributed by atoms with E-state index in [1.165, 1.54) is 6.20 Å². The van der Waals surface area contributed by atoms with Crippen molar-refractivity contribution < 1.29 is 8.42 Å². The highest BCUT2D eigenvalue weighted by Gasteiger charge is 2.18. The van der Waals surface area contributed by atoms with Crippen molar-refractivity contribution in [1.29, 1.82) is 0 Å². The summed E-state index contributed by atoms with van der Waals surface area (Å²) >= 11 is 0. The van der Waals surface area contributed by atoms with Gasteiger partial charge in [-0.2, -0.15) is 5.10 Å². The van der Waals surface area contributed by atoms with Gasteiger partial charge in [0.05, 0.1) is 11.1 Å². The highest BCUT2D eigenvalue weighted by atomic mass is 32.2. The van der Waals surface area contributed by atoms with Crippen LogP contribution in [-0.4, -0.2) is 18.6 Å². The van der Waals surface area contributed by atoms with Crippen LogP contribution < -0.4 is 10.5 Å². The summed E-state index contributed by atoms with van der Waals surface area (Å²) in [6.45, 7) is 1.95. The van der Waals surface area contributed by atoms with Gasteiger partial charge in [-0.15, -0.1) is 0 Å². The molecule has 0 aliphatic rings. The molecule has 0 bridgehead atoms. The molecular weight excluding hydrogens is 252 g/mol. The van der Waals surface area contributed by atoms with Gasteiger partial charge >= 0.3 is 0 Å². The summed E-state index contributed by atoms with van der Waals surface area (Å²) < 4.78 is 26.8. The normalized spacial score (nSPS) is 11.4. The van der Waals surface area contributed by atoms with Gasteiger partial charge < -0.3 is 5.73 Å². The molecule has 0 atom stereocenters. The van der Waals surface area contributed by atoms with E-state index in [-0.39, 0.29) is 11.4 Å². The third kappa shape index (κ3) is 2.36. The third-order valence-electron chi connectivity index (χ3n) is 2.56. The van der Waals surface area contributed by atoms with E-state index in [9.17, 15) is 8.42 Å². The molecular formula is C11H14N4O2S. The van der Waals surface area contributed by atoms with Crippen LogP contribution in [0.4, 0.5) is 5.82 Å². The van der Waals surface area contributed by atoms with E-state index < -0.39 is 10.0 Å². The number of nitrogens with one attached hydrogen (secondary N) is 2. The van der Waals surface area contributed by atoms with Crippen LogP contribution in [0, 0.1) is 6.92 Å². The number of rotatable bonds is 4. The Morgan fingerprint density at radius 3 is 2.78 bits per heavy atom. The molecule has 0 fully saturated rings. The second kappa shape index (κ2) is 4.79. The van der Waals surface area contributed by atoms with Gasteiger partial charge in [0, 0.05) is 12.1 Å². The molecule has 0 saturated carbocycles. The maximum absolute atomic E-state index is 12.2. The van der Waals surface area contributed by atoms with Crippen molar-refractivity contribution in [3.8, 4) is 0 Å². The molecule has 1 aromatic carbocycles. The highest BCUT2D eigenvalue weighted by Crippen LogP contribution is 2.19. The largest absolute Gasteiger partial charge is 0.326 e. The predicted molar refractivity (Wildman–Crippen MR) is 68.5 cm³/mol. The minimum absolute atomic E-state index is 0.210. The fourth-order valence-electron chi connectivity index (χ4n) is 1.60. The zero-order valence-electron chi connectivity index (χ0n) is 9.84. The molecule has 0 spiro atoms. The Hall–Kier alpha value is -1.86. The van der Waals surface area contributed by atoms with Gasteiger partial charge in [0.2, 0.25) is 0 Å². The first-order chi connectivity index (χ1) is 8.54. The van der Waals surface area contributed by atoms with E-state index in [0.717, 1.165) is 0 Å². The number of nitrogens with two attached hydrogens (primary N) is 1. The molecule has 96 valence electrons. The van der Waals surface area contributed by atoms with Gasteiger partial charge in [-0.1, -0.05) is 18.2 Å². The van der Waals surface area contributed by atoms with Crippen LogP contribution in [-0.2, 0) is 16.6 Å². The van der Waals surface area contributed by atoms with Gasteiger partial charge in [0.1, 0.15) is 5.82 Å². The third-order valence-corrected chi connectivity index (χ3v) is 4.07. The van der Waals surface area contributed by atoms with E-state index in [1.807, 2.05) is 0 Å². The summed E-state index contributed by atoms with van der Waals surface area (Å²) in [6, 6.07) is 6.76. The summed E-state index contributed by atoms with van der Waals surface area (Å²) in [5, 5.41) is 6.34. The lowest BCUT2D eigenvalue weighted by molar-refractivity contribution is 0.600. The lowest BCUT2D eigenvalue weighted by atomic mass is 10.2. The van der Waals surface area contributed by atoms with Crippen molar-refractivity contribution in [3.05, 3.63) is 41.6 Å². The lowest BCUT2D eigenvalue weighted by Gasteiger charge is -2.09. The molecule has 2 rings (SSSR count). The number of aromatic nitrogens is 2. The molecule has 0 saturated heterocycles. The Balaban J connectivity index is 2.37. The Bertz CT molecular complexity index is 649. The molecule has 2 aromatic rings. The molecule has 7 heteroatoms. The Labute approximate surface area is 105 Å². The Kier molecular flexibility index (Phi) is 3.35. The van der Waals surface area contributed by atoms with Crippen LogP contribution in [0.3, 0.4) is 0 Å². The molecule has 18 heavy (non-hydrogen) atoms. The van der Waals surface area contributed by atoms with Crippen molar-refractivity contribution in [2.75, 3.05) is 4.72 Å². The number of hydrogen-bond acceptors (Lipinski definition) is 4. The number of sulfonamides is 1. The summed E-state index contributed by atoms with van der Waals surface area (Å²) in [6.07, 6.45) is 1.50. The molecule has 1 heterocycles. The van der Waals surface area contributed by atoms with E-state index in [0.29, 0.717) is 16.9 Å². The number of aryl methyl sites for hydroxylation is 1. The van der Waals surface area contributed by atoms with Crippen molar-refractivity contribution in [3.63, 3.8) is 0 Å². The van der Waals surface area contributed by atoms with Crippen LogP contribution in [0.2, 0.25) is 0 Å². The number of aromatic amines is 1. The van der Waals surface area contributed by atoms with Crippen LogP contribution >= 0.6 is 0 Å². The smallest absolute Gasteiger partial charge is 0.263 e. The van der Waals surface area contributed by atoms with Gasteiger partial charge in [0.15, 0.2) is 0 Å². The second-order valence-corrected chi connectivity index (χ2v) is 5.50. The highest BCUT2D eigenvalue weighted by molar-refractivity contribution is 7.92. The number of nitrogens with zero attached hydrogens (tertiary/aromatic N) is 1. The van der Waals surface area contributed by atoms with Crippen LogP contribution in [0.1, 0.15) is 11.1 Å². The number of H-pyrrole nitrogens is 1. The van der Waals surface area contributed by atoms with Gasteiger partial charge in [-0.05, 0) is 18.6 Å². The second-order valence-electron chi connectivity index (χ2n) is 3.85. The standard InChI is InChI=1S/C11H14N4O2S/c1-8-4-2-3-5-10(8)18(16,17)15-11-9(6-12)7-13-14-11/h2-5,7H,6,12H2,1H3,(H2,13,14,15). The molecule has 4 N–H and O–H groups in total. The fraction of sp³-hybridized carbons (Fsp3) is 0.182. The first kappa shape index (κ1) is 12.6. The Morgan fingerprint density at radius 2 is 2.11 bits per heavy atom. The molecule has 0 radical (unpaired) electrons. The van der Waals surface area contributed by atoms with Gasteiger partial charge in [-0.25, -0.2) is 8.42 Å². The maximum Gasteiger partial charge on any atom is 0.263 e. The maximum atomic E-state index is 12.2. The molecule has 0 aliphatic carbocycles. The average molecular weight is 266 g/mol. The average Bonchev–Trinajstić information content (AvgIpc) is 2.76. The number of anilines is 1. The zero-order chi connectivity index (χ0) is 13.2. The first-order valence-electron chi connectivity index (χ1n) is 5.35. The minimum Gasteiger partial charge on any atom is -0.326 e. The van der Waals surface area contributed by atoms with Crippen LogP contribution in [0.25, 0.3) is 0 Å². The first-order valence-corrected chi connectivity index (χ1v) is 6.83. The van der Waals surface area contributed by atoms with Crippen molar-refractivity contribution >= 4 is 15.8 Å². The SMILES string of the molecule is Cc1ccccc1S(=O)(=O)Nc1[nH]ncc1CN. The van der Waals surface area contributed by atoms with Crippen LogP contribution in [0.5, 0.6) is 0 Å². The molecule has 0 amide bonds. The van der Waals surface area contributed by atoms with E-state index in [2.05, 4.69) is 14.9 Å². The molecule has 1 aromatic heterocycles. The molecule has 6 nitrogen and oxygen atoms in total. The van der Waals surface area contributed by atoms with Gasteiger partial charge in [-0.3, -0.25) is 9.82 Å². The van der Waals surface area contributed by atoms with E-state index >= 15 is 0 Å². The summed E-state index contributed by atoms with van der Waals surface area (Å²) in [4.78, 5) is 0.238. The van der Waals surface area contributed by atoms with Crippen molar-refractivity contribution in [1.82, 2.24) is 10.2 Å². The predicted octanol–water partition coefficient (Wildman–Crippen LogP) is 0.978. The molecule has 0 aliphatic heterocycles. The number of hydrogen-bond donors (Lipinski definition) is 3. The lowest BCUT2D eigenvalue weighted by Crippen LogP contribution is -2.16. The van der Waals surface area contributed by atoms with Crippen LogP contribution in [0.15, 0.2) is 35.4 Å². The summed E-state index contributed by atoms with van der Waals surface area (Å²) in [5.74, 6) is 0.306. The fourth-order valence-corrected chi connectivity index (χ4v) is 2.91. The van der Waals surface area contributed by atoms with Crippen molar-refractivity contribution in [2.24, 2.45) is 5.73 Å². The zero-order valence-corrected chi connectivity index (χ0v) is 10.7. The quantitative estimate of drug-likeness (QED) is 0.767. The van der Waals surface area contributed by atoms with E-state index in [4.69, 9.17) is 5.73 Å². The minimum atomic E-state index is -3.62. The topological polar surface area (TPSA) is 101 Å². The van der Waals surface area contributed by atoms with Crippen molar-refractivity contribution in [2.45, 2.75) is 18.4 Å². The molecule has 0 unspecified atom stereocenters. The Morgan fingerprint density at radius 1 is 1.39 bits per heavy atom. The summed E-state index contributed by atoms with van der Waals surface area (Å²) in [7, 11) is -3.62.